The van der Waals surface area contributed by atoms with Gasteiger partial charge in [-0.25, -0.2) is 4.90 Å². The van der Waals surface area contributed by atoms with Crippen LogP contribution in [0.4, 0.5) is 5.69 Å². The molecule has 5 heteroatoms. The van der Waals surface area contributed by atoms with Crippen LogP contribution in [-0.2, 0) is 9.59 Å². The lowest BCUT2D eigenvalue weighted by Crippen LogP contribution is -2.39. The lowest BCUT2D eigenvalue weighted by molar-refractivity contribution is -0.121. The zero-order chi connectivity index (χ0) is 23.7. The van der Waals surface area contributed by atoms with E-state index in [9.17, 15) is 9.59 Å². The van der Waals surface area contributed by atoms with Gasteiger partial charge < -0.3 is 10.1 Å². The number of anilines is 1. The van der Waals surface area contributed by atoms with Crippen LogP contribution in [0.25, 0.3) is 0 Å². The van der Waals surface area contributed by atoms with E-state index in [1.54, 1.807) is 0 Å². The van der Waals surface area contributed by atoms with Crippen molar-refractivity contribution in [3.63, 3.8) is 0 Å². The van der Waals surface area contributed by atoms with Gasteiger partial charge in [-0.2, -0.15) is 0 Å². The van der Waals surface area contributed by atoms with Crippen molar-refractivity contribution in [2.75, 3.05) is 18.1 Å². The van der Waals surface area contributed by atoms with E-state index in [4.69, 9.17) is 4.74 Å². The van der Waals surface area contributed by atoms with Gasteiger partial charge in [-0.3, -0.25) is 9.59 Å². The van der Waals surface area contributed by atoms with Gasteiger partial charge in [0.25, 0.3) is 5.91 Å². The fourth-order valence-corrected chi connectivity index (χ4v) is 4.36. The molecule has 0 bridgehead atoms. The average Bonchev–Trinajstić information content (AvgIpc) is 3.10. The molecule has 1 unspecified atom stereocenters. The number of nitrogens with zero attached hydrogens (tertiary/aromatic N) is 1. The second kappa shape index (κ2) is 16.7. The molecule has 33 heavy (non-hydrogen) atoms. The van der Waals surface area contributed by atoms with Crippen LogP contribution in [0.15, 0.2) is 24.3 Å². The molecule has 1 aromatic carbocycles. The molecule has 1 N–H and O–H groups in total. The molecule has 1 fully saturated rings. The normalized spacial score (nSPS) is 16.1. The number of hydrogen-bond donors (Lipinski definition) is 1. The topological polar surface area (TPSA) is 58.6 Å². The molecule has 1 aliphatic rings. The van der Waals surface area contributed by atoms with E-state index < -0.39 is 6.04 Å². The minimum Gasteiger partial charge on any atom is -0.494 e. The van der Waals surface area contributed by atoms with Crippen LogP contribution in [0.2, 0.25) is 0 Å². The Morgan fingerprint density at radius 3 is 1.94 bits per heavy atom. The highest BCUT2D eigenvalue weighted by molar-refractivity contribution is 6.22. The van der Waals surface area contributed by atoms with Crippen LogP contribution in [0, 0.1) is 0 Å². The van der Waals surface area contributed by atoms with Gasteiger partial charge in [0.15, 0.2) is 0 Å². The van der Waals surface area contributed by atoms with Crippen molar-refractivity contribution in [3.8, 4) is 5.75 Å². The van der Waals surface area contributed by atoms with Gasteiger partial charge in [0.2, 0.25) is 5.91 Å². The first kappa shape index (κ1) is 27.4. The van der Waals surface area contributed by atoms with Crippen molar-refractivity contribution in [2.24, 2.45) is 0 Å². The van der Waals surface area contributed by atoms with Crippen molar-refractivity contribution < 1.29 is 14.3 Å². The Labute approximate surface area is 201 Å². The maximum atomic E-state index is 12.8. The number of amides is 2. The lowest BCUT2D eigenvalue weighted by atomic mass is 10.1. The van der Waals surface area contributed by atoms with Gasteiger partial charge >= 0.3 is 0 Å². The fraction of sp³-hybridized carbons (Fsp3) is 0.714. The van der Waals surface area contributed by atoms with E-state index in [1.807, 2.05) is 24.3 Å². The number of hydrogen-bond acceptors (Lipinski definition) is 4. The number of imide groups is 1. The summed E-state index contributed by atoms with van der Waals surface area (Å²) in [7, 11) is 0. The minimum absolute atomic E-state index is 0.131. The summed E-state index contributed by atoms with van der Waals surface area (Å²) in [4.78, 5) is 26.6. The Balaban J connectivity index is 1.62. The summed E-state index contributed by atoms with van der Waals surface area (Å²) < 4.78 is 5.77. The van der Waals surface area contributed by atoms with Crippen molar-refractivity contribution in [1.29, 1.82) is 0 Å². The number of carbonyl (C=O) groups is 2. The largest absolute Gasteiger partial charge is 0.494 e. The van der Waals surface area contributed by atoms with E-state index in [1.165, 1.54) is 81.9 Å². The number of nitrogens with one attached hydrogen (secondary N) is 1. The van der Waals surface area contributed by atoms with E-state index >= 15 is 0 Å². The van der Waals surface area contributed by atoms with Crippen LogP contribution in [0.1, 0.15) is 110 Å². The van der Waals surface area contributed by atoms with Crippen molar-refractivity contribution in [1.82, 2.24) is 5.32 Å². The number of benzene rings is 1. The summed E-state index contributed by atoms with van der Waals surface area (Å²) in [5, 5.41) is 3.31. The second-order valence-corrected chi connectivity index (χ2v) is 9.36. The van der Waals surface area contributed by atoms with Gasteiger partial charge in [-0.05, 0) is 43.7 Å². The molecular formula is C28H46N2O3. The molecule has 5 nitrogen and oxygen atoms in total. The Bertz CT molecular complexity index is 674. The van der Waals surface area contributed by atoms with Crippen molar-refractivity contribution in [3.05, 3.63) is 24.3 Å². The summed E-state index contributed by atoms with van der Waals surface area (Å²) in [6, 6.07) is 6.91. The van der Waals surface area contributed by atoms with Gasteiger partial charge in [-0.15, -0.1) is 0 Å². The van der Waals surface area contributed by atoms with E-state index in [0.717, 1.165) is 25.1 Å². The molecule has 186 valence electrons. The number of carbonyl (C=O) groups excluding carboxylic acids is 2. The lowest BCUT2D eigenvalue weighted by Gasteiger charge is -2.16. The van der Waals surface area contributed by atoms with Crippen LogP contribution >= 0.6 is 0 Å². The third kappa shape index (κ3) is 10.3. The van der Waals surface area contributed by atoms with Gasteiger partial charge in [0, 0.05) is 0 Å². The van der Waals surface area contributed by atoms with Crippen molar-refractivity contribution >= 4 is 17.5 Å². The van der Waals surface area contributed by atoms with Gasteiger partial charge in [0.05, 0.1) is 24.8 Å². The first-order valence-electron chi connectivity index (χ1n) is 13.5. The standard InChI is InChI=1S/C28H46N2O3/c1-3-5-7-9-10-11-12-13-14-15-21-29-26-23-27(31)30(28(26)32)24-17-19-25(20-18-24)33-22-16-8-6-4-2/h17-20,26,29H,3-16,21-23H2,1-2H3. The SMILES string of the molecule is CCCCCCCCCCCCNC1CC(=O)N(c2ccc(OCCCCCC)cc2)C1=O. The average molecular weight is 459 g/mol. The zero-order valence-corrected chi connectivity index (χ0v) is 21.1. The van der Waals surface area contributed by atoms with Crippen LogP contribution in [0.5, 0.6) is 5.75 Å². The summed E-state index contributed by atoms with van der Waals surface area (Å²) in [6.07, 6.45) is 17.8. The van der Waals surface area contributed by atoms with E-state index in [2.05, 4.69) is 19.2 Å². The molecule has 1 saturated heterocycles. The zero-order valence-electron chi connectivity index (χ0n) is 21.1. The molecule has 0 aromatic heterocycles. The highest BCUT2D eigenvalue weighted by Gasteiger charge is 2.39. The number of rotatable bonds is 19. The van der Waals surface area contributed by atoms with E-state index in [-0.39, 0.29) is 18.2 Å². The summed E-state index contributed by atoms with van der Waals surface area (Å²) in [6.45, 7) is 5.94. The quantitative estimate of drug-likeness (QED) is 0.183. The number of ether oxygens (including phenoxy) is 1. The molecular weight excluding hydrogens is 412 g/mol. The molecule has 0 radical (unpaired) electrons. The molecule has 1 atom stereocenters. The third-order valence-corrected chi connectivity index (χ3v) is 6.43. The second-order valence-electron chi connectivity index (χ2n) is 9.36. The maximum Gasteiger partial charge on any atom is 0.251 e. The monoisotopic (exact) mass is 458 g/mol. The fourth-order valence-electron chi connectivity index (χ4n) is 4.36. The third-order valence-electron chi connectivity index (χ3n) is 6.43. The van der Waals surface area contributed by atoms with Gasteiger partial charge in [-0.1, -0.05) is 90.9 Å². The molecule has 0 spiro atoms. The molecule has 1 aliphatic heterocycles. The molecule has 2 rings (SSSR count). The van der Waals surface area contributed by atoms with Gasteiger partial charge in [0.1, 0.15) is 5.75 Å². The molecule has 2 amide bonds. The summed E-state index contributed by atoms with van der Waals surface area (Å²) >= 11 is 0. The molecule has 0 saturated carbocycles. The first-order valence-corrected chi connectivity index (χ1v) is 13.5. The van der Waals surface area contributed by atoms with Crippen LogP contribution < -0.4 is 15.0 Å². The maximum absolute atomic E-state index is 12.8. The first-order chi connectivity index (χ1) is 16.2. The van der Waals surface area contributed by atoms with Crippen LogP contribution in [-0.4, -0.2) is 31.0 Å². The van der Waals surface area contributed by atoms with Crippen LogP contribution in [0.3, 0.4) is 0 Å². The highest BCUT2D eigenvalue weighted by Crippen LogP contribution is 2.25. The molecule has 0 aliphatic carbocycles. The van der Waals surface area contributed by atoms with Crippen molar-refractivity contribution in [2.45, 2.75) is 116 Å². The Kier molecular flexibility index (Phi) is 13.8. The minimum atomic E-state index is -0.398. The Hall–Kier alpha value is -1.88. The predicted molar refractivity (Wildman–Crippen MR) is 137 cm³/mol. The molecule has 1 heterocycles. The highest BCUT2D eigenvalue weighted by atomic mass is 16.5. The molecule has 1 aromatic rings. The number of unbranched alkanes of at least 4 members (excludes halogenated alkanes) is 12. The smallest absolute Gasteiger partial charge is 0.251 e. The van der Waals surface area contributed by atoms with E-state index in [0.29, 0.717) is 12.3 Å². The Morgan fingerprint density at radius 2 is 1.33 bits per heavy atom. The summed E-state index contributed by atoms with van der Waals surface area (Å²) in [5.74, 6) is 0.513. The summed E-state index contributed by atoms with van der Waals surface area (Å²) in [5.41, 5.74) is 0.631. The Morgan fingerprint density at radius 1 is 0.788 bits per heavy atom. The predicted octanol–water partition coefficient (Wildman–Crippen LogP) is 6.79.